The van der Waals surface area contributed by atoms with E-state index < -0.39 is 28.4 Å². The van der Waals surface area contributed by atoms with Gasteiger partial charge in [-0.2, -0.15) is 13.2 Å². The van der Waals surface area contributed by atoms with E-state index in [9.17, 15) is 32.9 Å². The standard InChI is InChI=1S/C15H18F3N3O4/c1-3-20(4-2)13(22)8-6-10-5-7-11(12(9-10)21(24)25)19-14(23)15(16,17)18/h5,7,9H,3-4,6,8H2,1-2H3,(H,19,23). The molecule has 10 heteroatoms. The van der Waals surface area contributed by atoms with Crippen molar-refractivity contribution in [2.24, 2.45) is 0 Å². The van der Waals surface area contributed by atoms with E-state index in [4.69, 9.17) is 0 Å². The zero-order valence-electron chi connectivity index (χ0n) is 13.7. The quantitative estimate of drug-likeness (QED) is 0.597. The maximum atomic E-state index is 12.3. The van der Waals surface area contributed by atoms with E-state index in [0.29, 0.717) is 18.7 Å². The topological polar surface area (TPSA) is 92.6 Å². The fourth-order valence-electron chi connectivity index (χ4n) is 2.17. The number of nitrogens with zero attached hydrogens (tertiary/aromatic N) is 2. The molecule has 0 spiro atoms. The third kappa shape index (κ3) is 5.73. The van der Waals surface area contributed by atoms with E-state index in [1.165, 1.54) is 11.4 Å². The van der Waals surface area contributed by atoms with Gasteiger partial charge in [0.25, 0.3) is 5.69 Å². The van der Waals surface area contributed by atoms with Gasteiger partial charge in [0.05, 0.1) is 4.92 Å². The predicted molar refractivity (Wildman–Crippen MR) is 84.0 cm³/mol. The van der Waals surface area contributed by atoms with Crippen LogP contribution in [0.15, 0.2) is 18.2 Å². The average Bonchev–Trinajstić information content (AvgIpc) is 2.53. The lowest BCUT2D eigenvalue weighted by molar-refractivity contribution is -0.384. The number of halogens is 3. The monoisotopic (exact) mass is 361 g/mol. The Hall–Kier alpha value is -2.65. The first-order valence-electron chi connectivity index (χ1n) is 7.53. The minimum absolute atomic E-state index is 0.118. The molecule has 7 nitrogen and oxygen atoms in total. The Morgan fingerprint density at radius 1 is 1.24 bits per heavy atom. The molecule has 1 N–H and O–H groups in total. The van der Waals surface area contributed by atoms with Gasteiger partial charge >= 0.3 is 12.1 Å². The molecule has 0 unspecified atom stereocenters. The van der Waals surface area contributed by atoms with Crippen LogP contribution < -0.4 is 5.32 Å². The number of carbonyl (C=O) groups is 2. The molecule has 0 saturated heterocycles. The largest absolute Gasteiger partial charge is 0.471 e. The number of amides is 2. The van der Waals surface area contributed by atoms with E-state index in [2.05, 4.69) is 0 Å². The van der Waals surface area contributed by atoms with Crippen LogP contribution >= 0.6 is 0 Å². The molecule has 0 aliphatic rings. The number of nitro benzene ring substituents is 1. The Balaban J connectivity index is 2.92. The molecule has 138 valence electrons. The number of anilines is 1. The van der Waals surface area contributed by atoms with Gasteiger partial charge in [-0.25, -0.2) is 0 Å². The fourth-order valence-corrected chi connectivity index (χ4v) is 2.17. The molecule has 2 amide bonds. The summed E-state index contributed by atoms with van der Waals surface area (Å²) in [5, 5.41) is 12.5. The predicted octanol–water partition coefficient (Wildman–Crippen LogP) is 2.90. The smallest absolute Gasteiger partial charge is 0.343 e. The molecule has 25 heavy (non-hydrogen) atoms. The molecule has 1 rings (SSSR count). The summed E-state index contributed by atoms with van der Waals surface area (Å²) in [7, 11) is 0. The summed E-state index contributed by atoms with van der Waals surface area (Å²) in [4.78, 5) is 34.6. The van der Waals surface area contributed by atoms with Crippen LogP contribution in [0.3, 0.4) is 0 Å². The van der Waals surface area contributed by atoms with Gasteiger partial charge in [0.15, 0.2) is 0 Å². The molecule has 0 saturated carbocycles. The third-order valence-electron chi connectivity index (χ3n) is 3.51. The van der Waals surface area contributed by atoms with Gasteiger partial charge in [0.1, 0.15) is 5.69 Å². The van der Waals surface area contributed by atoms with E-state index >= 15 is 0 Å². The van der Waals surface area contributed by atoms with Gasteiger partial charge in [-0.05, 0) is 31.9 Å². The van der Waals surface area contributed by atoms with Gasteiger partial charge in [0, 0.05) is 25.6 Å². The zero-order valence-corrected chi connectivity index (χ0v) is 13.7. The highest BCUT2D eigenvalue weighted by atomic mass is 19.4. The molecule has 0 atom stereocenters. The average molecular weight is 361 g/mol. The lowest BCUT2D eigenvalue weighted by Gasteiger charge is -2.18. The van der Waals surface area contributed by atoms with Crippen LogP contribution in [-0.2, 0) is 16.0 Å². The van der Waals surface area contributed by atoms with Crippen LogP contribution in [0.5, 0.6) is 0 Å². The maximum Gasteiger partial charge on any atom is 0.471 e. The van der Waals surface area contributed by atoms with Crippen molar-refractivity contribution in [3.8, 4) is 0 Å². The lowest BCUT2D eigenvalue weighted by atomic mass is 10.1. The summed E-state index contributed by atoms with van der Waals surface area (Å²) >= 11 is 0. The minimum Gasteiger partial charge on any atom is -0.343 e. The van der Waals surface area contributed by atoms with Crippen molar-refractivity contribution in [1.29, 1.82) is 0 Å². The second-order valence-corrected chi connectivity index (χ2v) is 5.13. The van der Waals surface area contributed by atoms with Gasteiger partial charge < -0.3 is 10.2 Å². The molecule has 0 aromatic heterocycles. The zero-order chi connectivity index (χ0) is 19.2. The van der Waals surface area contributed by atoms with Crippen molar-refractivity contribution in [2.45, 2.75) is 32.9 Å². The molecular weight excluding hydrogens is 343 g/mol. The second-order valence-electron chi connectivity index (χ2n) is 5.13. The molecule has 0 aliphatic carbocycles. The highest BCUT2D eigenvalue weighted by molar-refractivity contribution is 5.96. The Labute approximate surface area is 141 Å². The van der Waals surface area contributed by atoms with Crippen LogP contribution in [0, 0.1) is 10.1 Å². The van der Waals surface area contributed by atoms with Crippen LogP contribution in [-0.4, -0.2) is 40.9 Å². The number of aryl methyl sites for hydroxylation is 1. The number of alkyl halides is 3. The number of hydrogen-bond donors (Lipinski definition) is 1. The molecule has 0 aliphatic heterocycles. The SMILES string of the molecule is CCN(CC)C(=O)CCc1ccc(NC(=O)C(F)(F)F)c([N+](=O)[O-])c1. The summed E-state index contributed by atoms with van der Waals surface area (Å²) in [5.41, 5.74) is -0.797. The molecule has 0 heterocycles. The van der Waals surface area contributed by atoms with Gasteiger partial charge in [0.2, 0.25) is 5.91 Å². The number of nitro groups is 1. The molecular formula is C15H18F3N3O4. The highest BCUT2D eigenvalue weighted by Gasteiger charge is 2.39. The Morgan fingerprint density at radius 3 is 2.32 bits per heavy atom. The summed E-state index contributed by atoms with van der Waals surface area (Å²) < 4.78 is 36.8. The molecule has 0 bridgehead atoms. The van der Waals surface area contributed by atoms with Crippen molar-refractivity contribution in [3.05, 3.63) is 33.9 Å². The van der Waals surface area contributed by atoms with E-state index in [-0.39, 0.29) is 18.7 Å². The first-order chi connectivity index (χ1) is 11.6. The van der Waals surface area contributed by atoms with Gasteiger partial charge in [-0.1, -0.05) is 6.07 Å². The number of carbonyl (C=O) groups excluding carboxylic acids is 2. The van der Waals surface area contributed by atoms with Crippen LogP contribution in [0.25, 0.3) is 0 Å². The van der Waals surface area contributed by atoms with Gasteiger partial charge in [-0.3, -0.25) is 19.7 Å². The Kier molecular flexibility index (Phi) is 6.89. The maximum absolute atomic E-state index is 12.3. The molecule has 0 fully saturated rings. The number of rotatable bonds is 7. The third-order valence-corrected chi connectivity index (χ3v) is 3.51. The molecule has 1 aromatic rings. The summed E-state index contributed by atoms with van der Waals surface area (Å²) in [6, 6.07) is 3.43. The van der Waals surface area contributed by atoms with E-state index in [1.807, 2.05) is 13.8 Å². The first-order valence-corrected chi connectivity index (χ1v) is 7.53. The van der Waals surface area contributed by atoms with Crippen molar-refractivity contribution in [3.63, 3.8) is 0 Å². The first kappa shape index (κ1) is 20.4. The minimum atomic E-state index is -5.15. The number of hydrogen-bond acceptors (Lipinski definition) is 4. The normalized spacial score (nSPS) is 11.1. The number of benzene rings is 1. The Bertz CT molecular complexity index is 658. The summed E-state index contributed by atoms with van der Waals surface area (Å²) in [6.45, 7) is 4.73. The fraction of sp³-hybridized carbons (Fsp3) is 0.467. The number of nitrogens with one attached hydrogen (secondary N) is 1. The molecule has 0 radical (unpaired) electrons. The van der Waals surface area contributed by atoms with E-state index in [1.54, 1.807) is 4.90 Å². The van der Waals surface area contributed by atoms with Gasteiger partial charge in [-0.15, -0.1) is 0 Å². The lowest BCUT2D eigenvalue weighted by Crippen LogP contribution is -2.30. The van der Waals surface area contributed by atoms with Crippen molar-refractivity contribution < 1.29 is 27.7 Å². The van der Waals surface area contributed by atoms with E-state index in [0.717, 1.165) is 12.1 Å². The van der Waals surface area contributed by atoms with Crippen LogP contribution in [0.1, 0.15) is 25.8 Å². The van der Waals surface area contributed by atoms with Crippen molar-refractivity contribution in [2.75, 3.05) is 18.4 Å². The van der Waals surface area contributed by atoms with Crippen LogP contribution in [0.4, 0.5) is 24.5 Å². The highest BCUT2D eigenvalue weighted by Crippen LogP contribution is 2.28. The second kappa shape index (κ2) is 8.45. The molecule has 1 aromatic carbocycles. The van der Waals surface area contributed by atoms with Crippen LogP contribution in [0.2, 0.25) is 0 Å². The van der Waals surface area contributed by atoms with Crippen molar-refractivity contribution in [1.82, 2.24) is 4.90 Å². The Morgan fingerprint density at radius 2 is 1.84 bits per heavy atom. The van der Waals surface area contributed by atoms with Crippen molar-refractivity contribution >= 4 is 23.2 Å². The summed E-state index contributed by atoms with van der Waals surface area (Å²) in [5.74, 6) is -2.41. The summed E-state index contributed by atoms with van der Waals surface area (Å²) in [6.07, 6.45) is -4.83.